The molecule has 0 unspecified atom stereocenters. The molecule has 2 rings (SSSR count). The summed E-state index contributed by atoms with van der Waals surface area (Å²) in [4.78, 5) is 4.39. The normalized spacial score (nSPS) is 18.6. The lowest BCUT2D eigenvalue weighted by molar-refractivity contribution is 0.277. The van der Waals surface area contributed by atoms with Gasteiger partial charge in [0.25, 0.3) is 0 Å². The van der Waals surface area contributed by atoms with Crippen LogP contribution in [0, 0.1) is 5.92 Å². The molecule has 3 heteroatoms. The van der Waals surface area contributed by atoms with Crippen molar-refractivity contribution in [1.82, 2.24) is 4.98 Å². The Bertz CT molecular complexity index is 279. The van der Waals surface area contributed by atoms with Gasteiger partial charge in [-0.3, -0.25) is 0 Å². The number of aromatic nitrogens is 1. The first kappa shape index (κ1) is 10.1. The van der Waals surface area contributed by atoms with E-state index >= 15 is 0 Å². The SMILES string of the molecule is OCc1csc(CC2CCCCC2)n1. The first-order valence-electron chi connectivity index (χ1n) is 5.42. The number of nitrogens with zero attached hydrogens (tertiary/aromatic N) is 1. The number of aliphatic hydroxyl groups is 1. The molecule has 0 atom stereocenters. The fraction of sp³-hybridized carbons (Fsp3) is 0.727. The predicted octanol–water partition coefficient (Wildman–Crippen LogP) is 2.76. The maximum absolute atomic E-state index is 8.90. The van der Waals surface area contributed by atoms with Crippen LogP contribution in [-0.4, -0.2) is 10.1 Å². The fourth-order valence-corrected chi connectivity index (χ4v) is 3.05. The van der Waals surface area contributed by atoms with E-state index in [-0.39, 0.29) is 6.61 Å². The average Bonchev–Trinajstić information content (AvgIpc) is 2.67. The summed E-state index contributed by atoms with van der Waals surface area (Å²) < 4.78 is 0. The van der Waals surface area contributed by atoms with Gasteiger partial charge in [0, 0.05) is 11.8 Å². The maximum Gasteiger partial charge on any atom is 0.0932 e. The minimum atomic E-state index is 0.0845. The van der Waals surface area contributed by atoms with Crippen LogP contribution >= 0.6 is 11.3 Å². The van der Waals surface area contributed by atoms with Crippen molar-refractivity contribution in [1.29, 1.82) is 0 Å². The van der Waals surface area contributed by atoms with E-state index in [1.54, 1.807) is 11.3 Å². The molecule has 0 spiro atoms. The molecule has 0 aromatic carbocycles. The van der Waals surface area contributed by atoms with E-state index in [1.807, 2.05) is 5.38 Å². The van der Waals surface area contributed by atoms with Crippen LogP contribution in [0.15, 0.2) is 5.38 Å². The van der Waals surface area contributed by atoms with Crippen LogP contribution in [-0.2, 0) is 13.0 Å². The average molecular weight is 211 g/mol. The van der Waals surface area contributed by atoms with Crippen molar-refractivity contribution in [2.45, 2.75) is 45.1 Å². The molecule has 2 nitrogen and oxygen atoms in total. The molecular weight excluding hydrogens is 194 g/mol. The lowest BCUT2D eigenvalue weighted by Crippen LogP contribution is -2.09. The molecule has 1 fully saturated rings. The summed E-state index contributed by atoms with van der Waals surface area (Å²) in [6.45, 7) is 0.0845. The summed E-state index contributed by atoms with van der Waals surface area (Å²) in [7, 11) is 0. The fourth-order valence-electron chi connectivity index (χ4n) is 2.15. The van der Waals surface area contributed by atoms with Gasteiger partial charge in [-0.2, -0.15) is 0 Å². The maximum atomic E-state index is 8.90. The Morgan fingerprint density at radius 2 is 2.14 bits per heavy atom. The van der Waals surface area contributed by atoms with Gasteiger partial charge in [-0.1, -0.05) is 32.1 Å². The molecule has 0 saturated heterocycles. The summed E-state index contributed by atoms with van der Waals surface area (Å²) in [6, 6.07) is 0. The quantitative estimate of drug-likeness (QED) is 0.834. The summed E-state index contributed by atoms with van der Waals surface area (Å²) in [6.07, 6.45) is 8.06. The summed E-state index contributed by atoms with van der Waals surface area (Å²) in [5.74, 6) is 0.849. The number of thiazole rings is 1. The van der Waals surface area contributed by atoms with Crippen LogP contribution in [0.25, 0.3) is 0 Å². The van der Waals surface area contributed by atoms with Crippen molar-refractivity contribution in [2.24, 2.45) is 5.92 Å². The predicted molar refractivity (Wildman–Crippen MR) is 58.3 cm³/mol. The van der Waals surface area contributed by atoms with Crippen molar-refractivity contribution < 1.29 is 5.11 Å². The van der Waals surface area contributed by atoms with E-state index in [0.717, 1.165) is 18.0 Å². The van der Waals surface area contributed by atoms with E-state index in [1.165, 1.54) is 37.1 Å². The van der Waals surface area contributed by atoms with Gasteiger partial charge in [0.1, 0.15) is 0 Å². The van der Waals surface area contributed by atoms with E-state index < -0.39 is 0 Å². The molecule has 1 aliphatic rings. The van der Waals surface area contributed by atoms with Crippen LogP contribution < -0.4 is 0 Å². The Morgan fingerprint density at radius 3 is 2.79 bits per heavy atom. The second-order valence-electron chi connectivity index (χ2n) is 4.10. The molecule has 1 heterocycles. The number of hydrogen-bond acceptors (Lipinski definition) is 3. The largest absolute Gasteiger partial charge is 0.390 e. The summed E-state index contributed by atoms with van der Waals surface area (Å²) in [5, 5.41) is 12.1. The first-order valence-corrected chi connectivity index (χ1v) is 6.30. The first-order chi connectivity index (χ1) is 6.88. The molecule has 1 N–H and O–H groups in total. The standard InChI is InChI=1S/C11H17NOS/c13-7-10-8-14-11(12-10)6-9-4-2-1-3-5-9/h8-9,13H,1-7H2. The topological polar surface area (TPSA) is 33.1 Å². The lowest BCUT2D eigenvalue weighted by Gasteiger charge is -2.20. The van der Waals surface area contributed by atoms with Gasteiger partial charge in [-0.25, -0.2) is 4.98 Å². The number of hydrogen-bond donors (Lipinski definition) is 1. The highest BCUT2D eigenvalue weighted by atomic mass is 32.1. The molecule has 1 saturated carbocycles. The van der Waals surface area contributed by atoms with Gasteiger partial charge in [0.15, 0.2) is 0 Å². The van der Waals surface area contributed by atoms with Gasteiger partial charge in [-0.05, 0) is 5.92 Å². The second-order valence-corrected chi connectivity index (χ2v) is 5.04. The zero-order chi connectivity index (χ0) is 9.80. The van der Waals surface area contributed by atoms with Crippen LogP contribution in [0.2, 0.25) is 0 Å². The molecule has 1 aliphatic carbocycles. The Morgan fingerprint density at radius 1 is 1.36 bits per heavy atom. The highest BCUT2D eigenvalue weighted by Gasteiger charge is 2.15. The monoisotopic (exact) mass is 211 g/mol. The highest BCUT2D eigenvalue weighted by molar-refractivity contribution is 7.09. The molecular formula is C11H17NOS. The molecule has 1 aromatic rings. The molecule has 1 aromatic heterocycles. The zero-order valence-electron chi connectivity index (χ0n) is 8.41. The Hall–Kier alpha value is -0.410. The van der Waals surface area contributed by atoms with E-state index in [9.17, 15) is 0 Å². The third-order valence-electron chi connectivity index (χ3n) is 2.95. The smallest absolute Gasteiger partial charge is 0.0932 e. The second kappa shape index (κ2) is 4.89. The van der Waals surface area contributed by atoms with Crippen molar-refractivity contribution >= 4 is 11.3 Å². The summed E-state index contributed by atoms with van der Waals surface area (Å²) >= 11 is 1.70. The van der Waals surface area contributed by atoms with E-state index in [4.69, 9.17) is 5.11 Å². The van der Waals surface area contributed by atoms with Gasteiger partial charge in [0.2, 0.25) is 0 Å². The van der Waals surface area contributed by atoms with Gasteiger partial charge in [-0.15, -0.1) is 11.3 Å². The Balaban J connectivity index is 1.89. The minimum Gasteiger partial charge on any atom is -0.390 e. The summed E-state index contributed by atoms with van der Waals surface area (Å²) in [5.41, 5.74) is 0.834. The van der Waals surface area contributed by atoms with Crippen molar-refractivity contribution in [3.63, 3.8) is 0 Å². The zero-order valence-corrected chi connectivity index (χ0v) is 9.22. The van der Waals surface area contributed by atoms with Gasteiger partial charge < -0.3 is 5.11 Å². The molecule has 0 amide bonds. The van der Waals surface area contributed by atoms with Crippen LogP contribution in [0.1, 0.15) is 42.8 Å². The number of rotatable bonds is 3. The van der Waals surface area contributed by atoms with Crippen molar-refractivity contribution in [3.8, 4) is 0 Å². The molecule has 14 heavy (non-hydrogen) atoms. The van der Waals surface area contributed by atoms with E-state index in [0.29, 0.717) is 0 Å². The van der Waals surface area contributed by atoms with Crippen LogP contribution in [0.5, 0.6) is 0 Å². The van der Waals surface area contributed by atoms with Crippen LogP contribution in [0.4, 0.5) is 0 Å². The van der Waals surface area contributed by atoms with Gasteiger partial charge in [0.05, 0.1) is 17.3 Å². The van der Waals surface area contributed by atoms with Gasteiger partial charge >= 0.3 is 0 Å². The Kier molecular flexibility index (Phi) is 3.54. The lowest BCUT2D eigenvalue weighted by atomic mass is 9.87. The molecule has 78 valence electrons. The third kappa shape index (κ3) is 2.55. The van der Waals surface area contributed by atoms with Crippen LogP contribution in [0.3, 0.4) is 0 Å². The minimum absolute atomic E-state index is 0.0845. The van der Waals surface area contributed by atoms with E-state index in [2.05, 4.69) is 4.98 Å². The molecule has 0 radical (unpaired) electrons. The van der Waals surface area contributed by atoms with Crippen molar-refractivity contribution in [3.05, 3.63) is 16.1 Å². The molecule has 0 bridgehead atoms. The Labute approximate surface area is 89.0 Å². The third-order valence-corrected chi connectivity index (χ3v) is 3.87. The molecule has 0 aliphatic heterocycles. The van der Waals surface area contributed by atoms with Crippen molar-refractivity contribution in [2.75, 3.05) is 0 Å². The highest BCUT2D eigenvalue weighted by Crippen LogP contribution is 2.27. The number of aliphatic hydroxyl groups excluding tert-OH is 1.